The van der Waals surface area contributed by atoms with Gasteiger partial charge in [-0.15, -0.1) is 0 Å². The maximum absolute atomic E-state index is 12.2. The van der Waals surface area contributed by atoms with Gasteiger partial charge in [0.25, 0.3) is 0 Å². The summed E-state index contributed by atoms with van der Waals surface area (Å²) in [5.41, 5.74) is 0. The molecule has 7 nitrogen and oxygen atoms in total. The fraction of sp³-hybridized carbons (Fsp3) is 0.824. The van der Waals surface area contributed by atoms with Crippen molar-refractivity contribution in [2.45, 2.75) is 70.5 Å². The highest BCUT2D eigenvalue weighted by Crippen LogP contribution is 2.31. The molecule has 1 N–H and O–H groups in total. The van der Waals surface area contributed by atoms with Crippen LogP contribution in [0.1, 0.15) is 58.3 Å². The lowest BCUT2D eigenvalue weighted by Gasteiger charge is -2.30. The van der Waals surface area contributed by atoms with E-state index in [1.807, 2.05) is 0 Å². The van der Waals surface area contributed by atoms with E-state index in [9.17, 15) is 14.4 Å². The van der Waals surface area contributed by atoms with Gasteiger partial charge in [0.2, 0.25) is 0 Å². The third-order valence-electron chi connectivity index (χ3n) is 4.84. The van der Waals surface area contributed by atoms with Gasteiger partial charge in [-0.2, -0.15) is 0 Å². The van der Waals surface area contributed by atoms with E-state index in [0.29, 0.717) is 51.4 Å². The summed E-state index contributed by atoms with van der Waals surface area (Å²) >= 11 is 0. The number of esters is 1. The number of carboxylic acid groups (broad SMARTS) is 1. The van der Waals surface area contributed by atoms with Crippen LogP contribution in [0.5, 0.6) is 0 Å². The molecule has 0 aromatic rings. The second-order valence-corrected chi connectivity index (χ2v) is 6.52. The molecule has 0 bridgehead atoms. The van der Waals surface area contributed by atoms with E-state index in [0.717, 1.165) is 0 Å². The minimum Gasteiger partial charge on any atom is -0.481 e. The predicted molar refractivity (Wildman–Crippen MR) is 83.3 cm³/mol. The molecule has 2 fully saturated rings. The second kappa shape index (κ2) is 8.89. The Morgan fingerprint density at radius 2 is 1.33 bits per heavy atom. The molecule has 0 aromatic heterocycles. The number of hydrogen-bond donors (Lipinski definition) is 1. The Morgan fingerprint density at radius 1 is 0.833 bits per heavy atom. The zero-order chi connectivity index (χ0) is 17.5. The van der Waals surface area contributed by atoms with Crippen LogP contribution in [0, 0.1) is 11.8 Å². The van der Waals surface area contributed by atoms with E-state index < -0.39 is 12.1 Å². The first-order valence-electron chi connectivity index (χ1n) is 8.76. The average molecular weight is 342 g/mol. The molecule has 2 rings (SSSR count). The summed E-state index contributed by atoms with van der Waals surface area (Å²) < 4.78 is 15.5. The molecule has 0 saturated heterocycles. The number of carbonyl (C=O) groups excluding carboxylic acids is 2. The molecule has 0 aliphatic heterocycles. The van der Waals surface area contributed by atoms with Gasteiger partial charge in [-0.05, 0) is 58.3 Å². The zero-order valence-corrected chi connectivity index (χ0v) is 14.1. The zero-order valence-electron chi connectivity index (χ0n) is 14.1. The number of ether oxygens (including phenoxy) is 3. The van der Waals surface area contributed by atoms with E-state index in [4.69, 9.17) is 19.3 Å². The van der Waals surface area contributed by atoms with Crippen LogP contribution in [0.15, 0.2) is 0 Å². The molecular formula is C17H26O7. The van der Waals surface area contributed by atoms with Crippen molar-refractivity contribution in [1.29, 1.82) is 0 Å². The standard InChI is InChI=1S/C17H26O7/c1-2-22-17(21)24-14-9-5-12(6-10-14)16(20)23-13-7-3-11(4-8-13)15(18)19/h11-14H,2-10H2,1H3,(H,18,19). The van der Waals surface area contributed by atoms with Crippen LogP contribution in [-0.4, -0.2) is 42.0 Å². The quantitative estimate of drug-likeness (QED) is 0.767. The SMILES string of the molecule is CCOC(=O)OC1CCC(C(=O)OC2CCC(C(=O)O)CC2)CC1. The highest BCUT2D eigenvalue weighted by Gasteiger charge is 2.33. The van der Waals surface area contributed by atoms with Crippen molar-refractivity contribution in [2.75, 3.05) is 6.61 Å². The first-order chi connectivity index (χ1) is 11.5. The lowest BCUT2D eigenvalue weighted by molar-refractivity contribution is -0.158. The molecule has 0 aromatic carbocycles. The lowest BCUT2D eigenvalue weighted by atomic mass is 9.86. The van der Waals surface area contributed by atoms with E-state index in [1.54, 1.807) is 6.92 Å². The summed E-state index contributed by atoms with van der Waals surface area (Å²) in [6.45, 7) is 2.00. The van der Waals surface area contributed by atoms with Crippen molar-refractivity contribution in [1.82, 2.24) is 0 Å². The van der Waals surface area contributed by atoms with Crippen LogP contribution in [0.3, 0.4) is 0 Å². The van der Waals surface area contributed by atoms with Crippen LogP contribution in [0.25, 0.3) is 0 Å². The molecule has 2 saturated carbocycles. The summed E-state index contributed by atoms with van der Waals surface area (Å²) in [4.78, 5) is 34.5. The first-order valence-corrected chi connectivity index (χ1v) is 8.76. The Morgan fingerprint density at radius 3 is 1.83 bits per heavy atom. The Balaban J connectivity index is 1.68. The molecular weight excluding hydrogens is 316 g/mol. The molecule has 0 amide bonds. The summed E-state index contributed by atoms with van der Waals surface area (Å²) in [7, 11) is 0. The van der Waals surface area contributed by atoms with Gasteiger partial charge in [-0.1, -0.05) is 0 Å². The molecule has 7 heteroatoms. The Bertz CT molecular complexity index is 446. The van der Waals surface area contributed by atoms with Crippen molar-refractivity contribution in [2.24, 2.45) is 11.8 Å². The third-order valence-corrected chi connectivity index (χ3v) is 4.84. The normalized spacial score (nSPS) is 30.2. The number of rotatable bonds is 5. The smallest absolute Gasteiger partial charge is 0.481 e. The van der Waals surface area contributed by atoms with Crippen LogP contribution < -0.4 is 0 Å². The van der Waals surface area contributed by atoms with Gasteiger partial charge in [0.1, 0.15) is 12.2 Å². The van der Waals surface area contributed by atoms with Crippen molar-refractivity contribution in [3.63, 3.8) is 0 Å². The van der Waals surface area contributed by atoms with Crippen molar-refractivity contribution >= 4 is 18.1 Å². The van der Waals surface area contributed by atoms with Gasteiger partial charge in [-0.3, -0.25) is 9.59 Å². The minimum atomic E-state index is -0.764. The summed E-state index contributed by atoms with van der Waals surface area (Å²) in [6, 6.07) is 0. The van der Waals surface area contributed by atoms with E-state index >= 15 is 0 Å². The van der Waals surface area contributed by atoms with Gasteiger partial charge < -0.3 is 19.3 Å². The number of carbonyl (C=O) groups is 3. The fourth-order valence-electron chi connectivity index (χ4n) is 3.39. The third kappa shape index (κ3) is 5.39. The molecule has 2 aliphatic rings. The lowest BCUT2D eigenvalue weighted by Crippen LogP contribution is -2.33. The van der Waals surface area contributed by atoms with E-state index in [2.05, 4.69) is 0 Å². The van der Waals surface area contributed by atoms with Crippen LogP contribution in [0.2, 0.25) is 0 Å². The summed E-state index contributed by atoms with van der Waals surface area (Å²) in [6.07, 6.45) is 3.86. The highest BCUT2D eigenvalue weighted by molar-refractivity contribution is 5.73. The van der Waals surface area contributed by atoms with Crippen molar-refractivity contribution in [3.8, 4) is 0 Å². The number of aliphatic carboxylic acids is 1. The van der Waals surface area contributed by atoms with Gasteiger partial charge in [0.05, 0.1) is 18.4 Å². The minimum absolute atomic E-state index is 0.163. The second-order valence-electron chi connectivity index (χ2n) is 6.52. The van der Waals surface area contributed by atoms with E-state index in [1.165, 1.54) is 0 Å². The molecule has 24 heavy (non-hydrogen) atoms. The molecule has 0 radical (unpaired) electrons. The maximum atomic E-state index is 12.2. The van der Waals surface area contributed by atoms with Crippen LogP contribution >= 0.6 is 0 Å². The molecule has 0 heterocycles. The van der Waals surface area contributed by atoms with Crippen molar-refractivity contribution in [3.05, 3.63) is 0 Å². The molecule has 136 valence electrons. The topological polar surface area (TPSA) is 99.1 Å². The largest absolute Gasteiger partial charge is 0.508 e. The first kappa shape index (κ1) is 18.5. The number of hydrogen-bond acceptors (Lipinski definition) is 6. The fourth-order valence-corrected chi connectivity index (χ4v) is 3.39. The van der Waals surface area contributed by atoms with Crippen LogP contribution in [-0.2, 0) is 23.8 Å². The molecule has 0 spiro atoms. The van der Waals surface area contributed by atoms with Crippen LogP contribution in [0.4, 0.5) is 4.79 Å². The number of carboxylic acids is 1. The Labute approximate surface area is 141 Å². The molecule has 0 atom stereocenters. The average Bonchev–Trinajstić information content (AvgIpc) is 2.56. The summed E-state index contributed by atoms with van der Waals surface area (Å²) in [5, 5.41) is 8.98. The maximum Gasteiger partial charge on any atom is 0.508 e. The predicted octanol–water partition coefficient (Wildman–Crippen LogP) is 2.90. The Kier molecular flexibility index (Phi) is 6.87. The van der Waals surface area contributed by atoms with Gasteiger partial charge in [0, 0.05) is 0 Å². The highest BCUT2D eigenvalue weighted by atomic mass is 16.7. The van der Waals surface area contributed by atoms with Gasteiger partial charge in [-0.25, -0.2) is 4.79 Å². The van der Waals surface area contributed by atoms with Gasteiger partial charge in [0.15, 0.2) is 0 Å². The molecule has 0 unspecified atom stereocenters. The van der Waals surface area contributed by atoms with E-state index in [-0.39, 0.29) is 36.6 Å². The monoisotopic (exact) mass is 342 g/mol. The van der Waals surface area contributed by atoms with Gasteiger partial charge >= 0.3 is 18.1 Å². The van der Waals surface area contributed by atoms with Crippen molar-refractivity contribution < 1.29 is 33.7 Å². The molecule has 2 aliphatic carbocycles. The Hall–Kier alpha value is -1.79. The summed E-state index contributed by atoms with van der Waals surface area (Å²) in [5.74, 6) is -1.44.